The van der Waals surface area contributed by atoms with Crippen LogP contribution in [0, 0.1) is 0 Å². The van der Waals surface area contributed by atoms with Crippen LogP contribution in [0.15, 0.2) is 24.3 Å². The normalized spacial score (nSPS) is 16.7. The van der Waals surface area contributed by atoms with E-state index in [1.165, 1.54) is 12.0 Å². The van der Waals surface area contributed by atoms with E-state index in [2.05, 4.69) is 0 Å². The molecule has 0 unspecified atom stereocenters. The van der Waals surface area contributed by atoms with E-state index in [1.807, 2.05) is 31.2 Å². The van der Waals surface area contributed by atoms with Crippen LogP contribution in [-0.2, 0) is 9.59 Å². The first-order chi connectivity index (χ1) is 11.9. The number of aliphatic carboxylic acids is 1. The lowest BCUT2D eigenvalue weighted by atomic mass is 9.92. The summed E-state index contributed by atoms with van der Waals surface area (Å²) >= 11 is 0. The van der Waals surface area contributed by atoms with Gasteiger partial charge in [0, 0.05) is 25.9 Å². The zero-order valence-electron chi connectivity index (χ0n) is 14.4. The molecule has 1 fully saturated rings. The van der Waals surface area contributed by atoms with Gasteiger partial charge in [-0.25, -0.2) is 4.79 Å². The van der Waals surface area contributed by atoms with Crippen LogP contribution in [-0.4, -0.2) is 59.4 Å². The summed E-state index contributed by atoms with van der Waals surface area (Å²) in [7, 11) is 1.53. The molecule has 0 aromatic heterocycles. The third-order valence-electron chi connectivity index (χ3n) is 4.24. The number of methoxy groups -OCH3 is 1. The minimum atomic E-state index is -1.75. The topological polar surface area (TPSA) is 96.3 Å². The van der Waals surface area contributed by atoms with E-state index in [1.54, 1.807) is 6.07 Å². The van der Waals surface area contributed by atoms with Crippen LogP contribution in [0.4, 0.5) is 0 Å². The van der Waals surface area contributed by atoms with Crippen molar-refractivity contribution in [3.05, 3.63) is 29.8 Å². The highest BCUT2D eigenvalue weighted by Gasteiger charge is 2.40. The molecule has 1 heterocycles. The number of carbonyl (C=O) groups excluding carboxylic acids is 1. The number of likely N-dealkylation sites (tertiary alicyclic amines) is 1. The van der Waals surface area contributed by atoms with Crippen LogP contribution in [0.5, 0.6) is 11.5 Å². The number of carboxylic acid groups (broad SMARTS) is 1. The van der Waals surface area contributed by atoms with Crippen LogP contribution < -0.4 is 9.47 Å². The van der Waals surface area contributed by atoms with Gasteiger partial charge >= 0.3 is 5.97 Å². The molecule has 0 spiro atoms. The van der Waals surface area contributed by atoms with Crippen molar-refractivity contribution in [2.45, 2.75) is 25.4 Å². The van der Waals surface area contributed by atoms with Gasteiger partial charge in [-0.05, 0) is 24.6 Å². The van der Waals surface area contributed by atoms with Gasteiger partial charge in [0.1, 0.15) is 0 Å². The Balaban J connectivity index is 1.93. The lowest BCUT2D eigenvalue weighted by Crippen LogP contribution is -2.51. The Hall–Kier alpha value is -2.54. The highest BCUT2D eigenvalue weighted by Crippen LogP contribution is 2.29. The summed E-state index contributed by atoms with van der Waals surface area (Å²) in [5, 5.41) is 18.9. The number of carbonyl (C=O) groups is 2. The van der Waals surface area contributed by atoms with Crippen LogP contribution in [0.25, 0.3) is 6.08 Å². The van der Waals surface area contributed by atoms with Crippen LogP contribution in [0.3, 0.4) is 0 Å². The minimum absolute atomic E-state index is 0.00937. The maximum absolute atomic E-state index is 12.2. The van der Waals surface area contributed by atoms with Crippen molar-refractivity contribution in [1.29, 1.82) is 0 Å². The molecule has 1 aromatic carbocycles. The van der Waals surface area contributed by atoms with E-state index in [9.17, 15) is 14.7 Å². The van der Waals surface area contributed by atoms with Crippen molar-refractivity contribution in [3.63, 3.8) is 0 Å². The number of hydrogen-bond donors (Lipinski definition) is 2. The standard InChI is InChI=1S/C18H23NO6/c1-3-4-13-5-6-14(15(11-13)24-2)25-12-16(20)19-9-7-18(23,8-10-19)17(21)22/h3-6,11,23H,7-10,12H2,1-2H3,(H,21,22)/b4-3+. The molecule has 2 N–H and O–H groups in total. The summed E-state index contributed by atoms with van der Waals surface area (Å²) in [4.78, 5) is 24.8. The fraction of sp³-hybridized carbons (Fsp3) is 0.444. The average Bonchev–Trinajstić information content (AvgIpc) is 2.61. The van der Waals surface area contributed by atoms with E-state index in [4.69, 9.17) is 14.6 Å². The molecule has 1 aromatic rings. The number of ether oxygens (including phenoxy) is 2. The van der Waals surface area contributed by atoms with E-state index in [-0.39, 0.29) is 38.4 Å². The van der Waals surface area contributed by atoms with Gasteiger partial charge in [0.25, 0.3) is 5.91 Å². The van der Waals surface area contributed by atoms with Crippen molar-refractivity contribution in [2.75, 3.05) is 26.8 Å². The van der Waals surface area contributed by atoms with Crippen molar-refractivity contribution in [2.24, 2.45) is 0 Å². The number of aliphatic hydroxyl groups is 1. The number of piperidine rings is 1. The smallest absolute Gasteiger partial charge is 0.335 e. The molecule has 136 valence electrons. The fourth-order valence-corrected chi connectivity index (χ4v) is 2.67. The molecule has 1 amide bonds. The van der Waals surface area contributed by atoms with Crippen molar-refractivity contribution in [3.8, 4) is 11.5 Å². The van der Waals surface area contributed by atoms with Crippen molar-refractivity contribution >= 4 is 18.0 Å². The Morgan fingerprint density at radius 3 is 2.52 bits per heavy atom. The molecular weight excluding hydrogens is 326 g/mol. The average molecular weight is 349 g/mol. The molecule has 1 aliphatic rings. The molecule has 0 radical (unpaired) electrons. The Bertz CT molecular complexity index is 662. The number of amides is 1. The van der Waals surface area contributed by atoms with Crippen LogP contribution in [0.1, 0.15) is 25.3 Å². The van der Waals surface area contributed by atoms with Gasteiger partial charge in [0.05, 0.1) is 7.11 Å². The van der Waals surface area contributed by atoms with Gasteiger partial charge in [-0.2, -0.15) is 0 Å². The van der Waals surface area contributed by atoms with E-state index in [0.29, 0.717) is 11.5 Å². The summed E-state index contributed by atoms with van der Waals surface area (Å²) in [5.41, 5.74) is -0.786. The molecule has 2 rings (SSSR count). The molecule has 7 heteroatoms. The highest BCUT2D eigenvalue weighted by atomic mass is 16.5. The molecule has 25 heavy (non-hydrogen) atoms. The lowest BCUT2D eigenvalue weighted by molar-refractivity contribution is -0.165. The molecule has 0 aliphatic carbocycles. The molecule has 1 aliphatic heterocycles. The minimum Gasteiger partial charge on any atom is -0.493 e. The SMILES string of the molecule is C/C=C/c1ccc(OCC(=O)N2CCC(O)(C(=O)O)CC2)c(OC)c1. The maximum atomic E-state index is 12.2. The van der Waals surface area contributed by atoms with E-state index < -0.39 is 11.6 Å². The number of benzene rings is 1. The Morgan fingerprint density at radius 2 is 1.96 bits per heavy atom. The van der Waals surface area contributed by atoms with Gasteiger partial charge < -0.3 is 24.6 Å². The molecule has 7 nitrogen and oxygen atoms in total. The van der Waals surface area contributed by atoms with Crippen LogP contribution >= 0.6 is 0 Å². The largest absolute Gasteiger partial charge is 0.493 e. The summed E-state index contributed by atoms with van der Waals surface area (Å²) in [6, 6.07) is 5.41. The monoisotopic (exact) mass is 349 g/mol. The van der Waals surface area contributed by atoms with Crippen molar-refractivity contribution < 1.29 is 29.3 Å². The third kappa shape index (κ3) is 4.51. The first-order valence-corrected chi connectivity index (χ1v) is 8.06. The number of nitrogens with zero attached hydrogens (tertiary/aromatic N) is 1. The zero-order chi connectivity index (χ0) is 18.4. The highest BCUT2D eigenvalue weighted by molar-refractivity contribution is 5.80. The Kier molecular flexibility index (Phi) is 6.03. The Morgan fingerprint density at radius 1 is 1.28 bits per heavy atom. The van der Waals surface area contributed by atoms with E-state index in [0.717, 1.165) is 5.56 Å². The molecule has 0 atom stereocenters. The molecule has 1 saturated heterocycles. The maximum Gasteiger partial charge on any atom is 0.335 e. The first kappa shape index (κ1) is 18.8. The predicted octanol–water partition coefficient (Wildman–Crippen LogP) is 1.55. The summed E-state index contributed by atoms with van der Waals surface area (Å²) in [6.45, 7) is 2.11. The zero-order valence-corrected chi connectivity index (χ0v) is 14.4. The number of hydrogen-bond acceptors (Lipinski definition) is 5. The number of rotatable bonds is 6. The van der Waals surface area contributed by atoms with Gasteiger partial charge in [-0.15, -0.1) is 0 Å². The van der Waals surface area contributed by atoms with Gasteiger partial charge in [0.15, 0.2) is 23.7 Å². The summed E-state index contributed by atoms with van der Waals surface area (Å²) in [6.07, 6.45) is 3.85. The molecular formula is C18H23NO6. The second-order valence-corrected chi connectivity index (χ2v) is 5.92. The van der Waals surface area contributed by atoms with Gasteiger partial charge in [-0.3, -0.25) is 4.79 Å². The predicted molar refractivity (Wildman–Crippen MR) is 91.6 cm³/mol. The quantitative estimate of drug-likeness (QED) is 0.809. The van der Waals surface area contributed by atoms with Gasteiger partial charge in [-0.1, -0.05) is 18.2 Å². The second kappa shape index (κ2) is 8.02. The van der Waals surface area contributed by atoms with Crippen LogP contribution in [0.2, 0.25) is 0 Å². The third-order valence-corrected chi connectivity index (χ3v) is 4.24. The molecule has 0 saturated carbocycles. The summed E-state index contributed by atoms with van der Waals surface area (Å²) < 4.78 is 10.8. The lowest BCUT2D eigenvalue weighted by Gasteiger charge is -2.35. The van der Waals surface area contributed by atoms with Crippen molar-refractivity contribution in [1.82, 2.24) is 4.90 Å². The number of allylic oxidation sites excluding steroid dienone is 1. The first-order valence-electron chi connectivity index (χ1n) is 8.06. The Labute approximate surface area is 146 Å². The fourth-order valence-electron chi connectivity index (χ4n) is 2.67. The summed E-state index contributed by atoms with van der Waals surface area (Å²) in [5.74, 6) is -0.515. The number of carboxylic acids is 1. The van der Waals surface area contributed by atoms with Gasteiger partial charge in [0.2, 0.25) is 0 Å². The van der Waals surface area contributed by atoms with E-state index >= 15 is 0 Å². The molecule has 0 bridgehead atoms. The second-order valence-electron chi connectivity index (χ2n) is 5.92.